The summed E-state index contributed by atoms with van der Waals surface area (Å²) in [6, 6.07) is 1.74. The molecule has 0 spiro atoms. The largest absolute Gasteiger partial charge is 0.481 e. The van der Waals surface area contributed by atoms with E-state index < -0.39 is 0 Å². The molecule has 66 valence electrons. The van der Waals surface area contributed by atoms with Gasteiger partial charge in [0.15, 0.2) is 0 Å². The molecule has 5 nitrogen and oxygen atoms in total. The average Bonchev–Trinajstić information content (AvgIpc) is 2.71. The Hall–Kier alpha value is -1.91. The smallest absolute Gasteiger partial charge is 0.218 e. The predicted octanol–water partition coefficient (Wildman–Crippen LogP) is 0.671. The van der Waals surface area contributed by atoms with Gasteiger partial charge in [-0.25, -0.2) is 15.0 Å². The van der Waals surface area contributed by atoms with Crippen LogP contribution in [0.3, 0.4) is 0 Å². The van der Waals surface area contributed by atoms with Gasteiger partial charge in [0.25, 0.3) is 0 Å². The van der Waals surface area contributed by atoms with E-state index in [4.69, 9.17) is 4.74 Å². The number of methoxy groups -OCH3 is 1. The standard InChI is InChI=1S/C8H8N4O/c1-13-8-4-7(10-5-11-8)12-3-2-9-6-12/h2-6H,1H3. The Balaban J connectivity index is 2.41. The van der Waals surface area contributed by atoms with E-state index in [0.29, 0.717) is 5.88 Å². The van der Waals surface area contributed by atoms with Crippen LogP contribution in [0, 0.1) is 0 Å². The van der Waals surface area contributed by atoms with Gasteiger partial charge in [-0.15, -0.1) is 0 Å². The zero-order valence-electron chi connectivity index (χ0n) is 7.08. The van der Waals surface area contributed by atoms with Crippen molar-refractivity contribution >= 4 is 0 Å². The highest BCUT2D eigenvalue weighted by molar-refractivity contribution is 5.26. The highest BCUT2D eigenvalue weighted by atomic mass is 16.5. The number of hydrogen-bond donors (Lipinski definition) is 0. The second-order valence-corrected chi connectivity index (χ2v) is 2.39. The molecule has 13 heavy (non-hydrogen) atoms. The first kappa shape index (κ1) is 7.72. The van der Waals surface area contributed by atoms with Gasteiger partial charge in [0.2, 0.25) is 5.88 Å². The summed E-state index contributed by atoms with van der Waals surface area (Å²) >= 11 is 0. The molecule has 0 aliphatic carbocycles. The highest BCUT2D eigenvalue weighted by Gasteiger charge is 1.98. The summed E-state index contributed by atoms with van der Waals surface area (Å²) in [5, 5.41) is 0. The quantitative estimate of drug-likeness (QED) is 0.674. The lowest BCUT2D eigenvalue weighted by Crippen LogP contribution is -1.96. The van der Waals surface area contributed by atoms with Crippen LogP contribution in [0.25, 0.3) is 5.82 Å². The average molecular weight is 176 g/mol. The summed E-state index contributed by atoms with van der Waals surface area (Å²) in [5.41, 5.74) is 0. The van der Waals surface area contributed by atoms with Crippen LogP contribution in [0.4, 0.5) is 0 Å². The van der Waals surface area contributed by atoms with E-state index in [1.807, 2.05) is 6.20 Å². The molecule has 0 amide bonds. The molecule has 0 bridgehead atoms. The fourth-order valence-corrected chi connectivity index (χ4v) is 0.977. The van der Waals surface area contributed by atoms with Crippen molar-refractivity contribution < 1.29 is 4.74 Å². The molecular formula is C8H8N4O. The minimum atomic E-state index is 0.540. The van der Waals surface area contributed by atoms with E-state index in [-0.39, 0.29) is 0 Å². The van der Waals surface area contributed by atoms with Crippen LogP contribution in [0.15, 0.2) is 31.1 Å². The van der Waals surface area contributed by atoms with E-state index in [9.17, 15) is 0 Å². The van der Waals surface area contributed by atoms with Crippen molar-refractivity contribution in [1.82, 2.24) is 19.5 Å². The molecule has 0 atom stereocenters. The maximum atomic E-state index is 4.97. The molecular weight excluding hydrogens is 168 g/mol. The number of ether oxygens (including phenoxy) is 1. The molecule has 2 aromatic heterocycles. The monoisotopic (exact) mass is 176 g/mol. The van der Waals surface area contributed by atoms with Crippen molar-refractivity contribution in [3.05, 3.63) is 31.1 Å². The highest BCUT2D eigenvalue weighted by Crippen LogP contribution is 2.09. The lowest BCUT2D eigenvalue weighted by molar-refractivity contribution is 0.396. The van der Waals surface area contributed by atoms with E-state index in [0.717, 1.165) is 5.82 Å². The Morgan fingerprint density at radius 1 is 1.38 bits per heavy atom. The first-order chi connectivity index (χ1) is 6.40. The maximum absolute atomic E-state index is 4.97. The van der Waals surface area contributed by atoms with Gasteiger partial charge in [0.1, 0.15) is 18.5 Å². The summed E-state index contributed by atoms with van der Waals surface area (Å²) in [7, 11) is 1.57. The zero-order chi connectivity index (χ0) is 9.10. The van der Waals surface area contributed by atoms with Crippen molar-refractivity contribution in [2.75, 3.05) is 7.11 Å². The van der Waals surface area contributed by atoms with Crippen LogP contribution in [-0.2, 0) is 0 Å². The first-order valence-electron chi connectivity index (χ1n) is 3.74. The van der Waals surface area contributed by atoms with Crippen LogP contribution in [0.5, 0.6) is 5.88 Å². The summed E-state index contributed by atoms with van der Waals surface area (Å²) in [6.45, 7) is 0. The lowest BCUT2D eigenvalue weighted by atomic mass is 10.5. The molecule has 2 rings (SSSR count). The first-order valence-corrected chi connectivity index (χ1v) is 3.74. The fraction of sp³-hybridized carbons (Fsp3) is 0.125. The van der Waals surface area contributed by atoms with Gasteiger partial charge in [0, 0.05) is 18.5 Å². The second kappa shape index (κ2) is 3.22. The minimum absolute atomic E-state index is 0.540. The van der Waals surface area contributed by atoms with Crippen LogP contribution in [0.2, 0.25) is 0 Å². The Labute approximate surface area is 75.0 Å². The zero-order valence-corrected chi connectivity index (χ0v) is 7.08. The van der Waals surface area contributed by atoms with Crippen molar-refractivity contribution in [2.45, 2.75) is 0 Å². The number of nitrogens with zero attached hydrogens (tertiary/aromatic N) is 4. The molecule has 0 aromatic carbocycles. The number of hydrogen-bond acceptors (Lipinski definition) is 4. The molecule has 5 heteroatoms. The van der Waals surface area contributed by atoms with E-state index in [1.54, 1.807) is 30.3 Å². The molecule has 0 saturated heterocycles. The van der Waals surface area contributed by atoms with Gasteiger partial charge >= 0.3 is 0 Å². The molecule has 2 aromatic rings. The third kappa shape index (κ3) is 1.48. The third-order valence-electron chi connectivity index (χ3n) is 1.61. The Kier molecular flexibility index (Phi) is 1.91. The van der Waals surface area contributed by atoms with Crippen molar-refractivity contribution in [3.8, 4) is 11.7 Å². The molecule has 0 fully saturated rings. The van der Waals surface area contributed by atoms with Crippen molar-refractivity contribution in [3.63, 3.8) is 0 Å². The van der Waals surface area contributed by atoms with Crippen LogP contribution in [0.1, 0.15) is 0 Å². The predicted molar refractivity (Wildman–Crippen MR) is 45.7 cm³/mol. The normalized spacial score (nSPS) is 9.92. The minimum Gasteiger partial charge on any atom is -0.481 e. The molecule has 0 unspecified atom stereocenters. The van der Waals surface area contributed by atoms with Gasteiger partial charge in [0.05, 0.1) is 7.11 Å². The summed E-state index contributed by atoms with van der Waals surface area (Å²) in [6.07, 6.45) is 6.62. The number of imidazole rings is 1. The second-order valence-electron chi connectivity index (χ2n) is 2.39. The number of aromatic nitrogens is 4. The molecule has 0 radical (unpaired) electrons. The summed E-state index contributed by atoms with van der Waals surface area (Å²) in [5.74, 6) is 1.28. The third-order valence-corrected chi connectivity index (χ3v) is 1.61. The van der Waals surface area contributed by atoms with Crippen molar-refractivity contribution in [1.29, 1.82) is 0 Å². The van der Waals surface area contributed by atoms with Gasteiger partial charge < -0.3 is 4.74 Å². The molecule has 0 aliphatic heterocycles. The SMILES string of the molecule is COc1cc(-n2ccnc2)ncn1. The molecule has 0 aliphatic rings. The van der Waals surface area contributed by atoms with E-state index in [2.05, 4.69) is 15.0 Å². The molecule has 0 saturated carbocycles. The maximum Gasteiger partial charge on any atom is 0.218 e. The molecule has 0 N–H and O–H groups in total. The van der Waals surface area contributed by atoms with Crippen LogP contribution in [-0.4, -0.2) is 26.6 Å². The van der Waals surface area contributed by atoms with E-state index >= 15 is 0 Å². The van der Waals surface area contributed by atoms with Crippen LogP contribution < -0.4 is 4.74 Å². The number of rotatable bonds is 2. The molecule has 2 heterocycles. The topological polar surface area (TPSA) is 52.8 Å². The van der Waals surface area contributed by atoms with E-state index in [1.165, 1.54) is 6.33 Å². The van der Waals surface area contributed by atoms with Crippen molar-refractivity contribution in [2.24, 2.45) is 0 Å². The summed E-state index contributed by atoms with van der Waals surface area (Å²) < 4.78 is 6.75. The Bertz CT molecular complexity index is 385. The summed E-state index contributed by atoms with van der Waals surface area (Å²) in [4.78, 5) is 11.9. The van der Waals surface area contributed by atoms with Gasteiger partial charge in [-0.05, 0) is 0 Å². The Morgan fingerprint density at radius 3 is 3.00 bits per heavy atom. The van der Waals surface area contributed by atoms with Gasteiger partial charge in [-0.3, -0.25) is 4.57 Å². The Morgan fingerprint density at radius 2 is 2.31 bits per heavy atom. The fourth-order valence-electron chi connectivity index (χ4n) is 0.977. The van der Waals surface area contributed by atoms with Gasteiger partial charge in [-0.2, -0.15) is 0 Å². The van der Waals surface area contributed by atoms with Gasteiger partial charge in [-0.1, -0.05) is 0 Å². The van der Waals surface area contributed by atoms with Crippen LogP contribution >= 0.6 is 0 Å². The lowest BCUT2D eigenvalue weighted by Gasteiger charge is -2.01.